The van der Waals surface area contributed by atoms with Crippen LogP contribution in [0.5, 0.6) is 0 Å². The third-order valence-electron chi connectivity index (χ3n) is 2.24. The first-order valence-electron chi connectivity index (χ1n) is 5.36. The lowest BCUT2D eigenvalue weighted by Crippen LogP contribution is -2.02. The Morgan fingerprint density at radius 2 is 1.94 bits per heavy atom. The minimum absolute atomic E-state index is 0.119. The van der Waals surface area contributed by atoms with E-state index in [0.29, 0.717) is 0 Å². The summed E-state index contributed by atoms with van der Waals surface area (Å²) in [6.45, 7) is 2.07. The molecule has 0 bridgehead atoms. The molecule has 0 aliphatic carbocycles. The molecule has 1 rings (SSSR count). The highest BCUT2D eigenvalue weighted by atomic mass is 19.1. The SMILES string of the molecule is CCCC/C=C/C(=N)c1c(F)cccc1F. The van der Waals surface area contributed by atoms with Crippen molar-refractivity contribution in [2.45, 2.75) is 26.2 Å². The molecule has 0 amide bonds. The van der Waals surface area contributed by atoms with Crippen molar-refractivity contribution in [2.24, 2.45) is 0 Å². The second-order valence-corrected chi connectivity index (χ2v) is 3.55. The molecule has 1 nitrogen and oxygen atoms in total. The topological polar surface area (TPSA) is 23.9 Å². The lowest BCUT2D eigenvalue weighted by Gasteiger charge is -2.02. The van der Waals surface area contributed by atoms with E-state index in [0.717, 1.165) is 31.4 Å². The minimum atomic E-state index is -0.690. The Morgan fingerprint density at radius 3 is 2.50 bits per heavy atom. The van der Waals surface area contributed by atoms with E-state index in [1.54, 1.807) is 6.08 Å². The predicted octanol–water partition coefficient (Wildman–Crippen LogP) is 4.08. The fraction of sp³-hybridized carbons (Fsp3) is 0.308. The number of unbranched alkanes of at least 4 members (excludes halogenated alkanes) is 2. The van der Waals surface area contributed by atoms with Crippen LogP contribution >= 0.6 is 0 Å². The molecule has 0 unspecified atom stereocenters. The highest BCUT2D eigenvalue weighted by Crippen LogP contribution is 2.13. The lowest BCUT2D eigenvalue weighted by molar-refractivity contribution is 0.579. The molecule has 0 fully saturated rings. The zero-order chi connectivity index (χ0) is 12.0. The molecule has 3 heteroatoms. The van der Waals surface area contributed by atoms with Crippen LogP contribution in [0.15, 0.2) is 30.4 Å². The standard InChI is InChI=1S/C13H15F2N/c1-2-3-4-5-9-12(16)13-10(14)7-6-8-11(13)15/h5-9,16H,2-4H2,1H3/b9-5+,16-12?. The fourth-order valence-corrected chi connectivity index (χ4v) is 1.36. The van der Waals surface area contributed by atoms with E-state index >= 15 is 0 Å². The Morgan fingerprint density at radius 1 is 1.31 bits per heavy atom. The first-order valence-corrected chi connectivity index (χ1v) is 5.36. The second kappa shape index (κ2) is 6.16. The van der Waals surface area contributed by atoms with Crippen LogP contribution in [0, 0.1) is 17.0 Å². The van der Waals surface area contributed by atoms with Crippen molar-refractivity contribution in [1.82, 2.24) is 0 Å². The van der Waals surface area contributed by atoms with Gasteiger partial charge >= 0.3 is 0 Å². The summed E-state index contributed by atoms with van der Waals surface area (Å²) >= 11 is 0. The summed E-state index contributed by atoms with van der Waals surface area (Å²) in [4.78, 5) is 0. The van der Waals surface area contributed by atoms with E-state index in [4.69, 9.17) is 5.41 Å². The molecule has 0 saturated carbocycles. The van der Waals surface area contributed by atoms with Gasteiger partial charge in [-0.15, -0.1) is 0 Å². The molecule has 16 heavy (non-hydrogen) atoms. The van der Waals surface area contributed by atoms with E-state index in [1.807, 2.05) is 0 Å². The molecule has 0 radical (unpaired) electrons. The van der Waals surface area contributed by atoms with Gasteiger partial charge in [-0.25, -0.2) is 8.78 Å². The Kier molecular flexibility index (Phi) is 4.83. The van der Waals surface area contributed by atoms with Crippen LogP contribution in [0.2, 0.25) is 0 Å². The molecule has 0 atom stereocenters. The maximum atomic E-state index is 13.3. The summed E-state index contributed by atoms with van der Waals surface area (Å²) in [5.74, 6) is -1.38. The quantitative estimate of drug-likeness (QED) is 0.574. The maximum Gasteiger partial charge on any atom is 0.135 e. The molecule has 0 heterocycles. The molecule has 1 aromatic carbocycles. The summed E-state index contributed by atoms with van der Waals surface area (Å²) in [5.41, 5.74) is -0.373. The van der Waals surface area contributed by atoms with Crippen molar-refractivity contribution < 1.29 is 8.78 Å². The molecule has 0 aliphatic rings. The summed E-state index contributed by atoms with van der Waals surface area (Å²) < 4.78 is 26.5. The monoisotopic (exact) mass is 223 g/mol. The van der Waals surface area contributed by atoms with Crippen LogP contribution in [0.1, 0.15) is 31.7 Å². The molecule has 86 valence electrons. The third kappa shape index (κ3) is 3.26. The van der Waals surface area contributed by atoms with Gasteiger partial charge in [-0.05, 0) is 24.6 Å². The molecule has 0 spiro atoms. The van der Waals surface area contributed by atoms with Crippen LogP contribution in [0.3, 0.4) is 0 Å². The van der Waals surface area contributed by atoms with Crippen molar-refractivity contribution in [1.29, 1.82) is 5.41 Å². The van der Waals surface area contributed by atoms with Crippen molar-refractivity contribution in [2.75, 3.05) is 0 Å². The molecule has 1 N–H and O–H groups in total. The maximum absolute atomic E-state index is 13.3. The second-order valence-electron chi connectivity index (χ2n) is 3.55. The van der Waals surface area contributed by atoms with Gasteiger partial charge in [-0.3, -0.25) is 0 Å². The Bertz CT molecular complexity index is 377. The van der Waals surface area contributed by atoms with Gasteiger partial charge in [0.25, 0.3) is 0 Å². The van der Waals surface area contributed by atoms with Gasteiger partial charge in [-0.1, -0.05) is 31.9 Å². The Balaban J connectivity index is 2.77. The van der Waals surface area contributed by atoms with Crippen LogP contribution in [0.4, 0.5) is 8.78 Å². The zero-order valence-electron chi connectivity index (χ0n) is 9.26. The predicted molar refractivity (Wildman–Crippen MR) is 61.9 cm³/mol. The van der Waals surface area contributed by atoms with E-state index in [1.165, 1.54) is 12.1 Å². The van der Waals surface area contributed by atoms with E-state index in [-0.39, 0.29) is 11.3 Å². The van der Waals surface area contributed by atoms with Gasteiger partial charge in [0, 0.05) is 0 Å². The number of benzene rings is 1. The van der Waals surface area contributed by atoms with E-state index < -0.39 is 11.6 Å². The Labute approximate surface area is 94.3 Å². The first-order chi connectivity index (χ1) is 7.66. The smallest absolute Gasteiger partial charge is 0.135 e. The van der Waals surface area contributed by atoms with Crippen LogP contribution in [-0.4, -0.2) is 5.71 Å². The molecular formula is C13H15F2N. The van der Waals surface area contributed by atoms with Gasteiger partial charge in [0.2, 0.25) is 0 Å². The normalized spacial score (nSPS) is 10.9. The summed E-state index contributed by atoms with van der Waals surface area (Å²) in [6.07, 6.45) is 6.14. The molecule has 0 aromatic heterocycles. The average molecular weight is 223 g/mol. The van der Waals surface area contributed by atoms with Gasteiger partial charge in [0.15, 0.2) is 0 Å². The van der Waals surface area contributed by atoms with Crippen molar-refractivity contribution in [3.63, 3.8) is 0 Å². The Hall–Kier alpha value is -1.51. The minimum Gasteiger partial charge on any atom is -0.300 e. The average Bonchev–Trinajstić information content (AvgIpc) is 2.24. The number of nitrogens with one attached hydrogen (secondary N) is 1. The van der Waals surface area contributed by atoms with Crippen molar-refractivity contribution in [3.05, 3.63) is 47.5 Å². The van der Waals surface area contributed by atoms with Crippen molar-refractivity contribution >= 4 is 5.71 Å². The van der Waals surface area contributed by atoms with Gasteiger partial charge in [0.05, 0.1) is 11.3 Å². The highest BCUT2D eigenvalue weighted by molar-refractivity contribution is 6.06. The first kappa shape index (κ1) is 12.6. The van der Waals surface area contributed by atoms with Crippen LogP contribution in [-0.2, 0) is 0 Å². The zero-order valence-corrected chi connectivity index (χ0v) is 9.26. The van der Waals surface area contributed by atoms with Gasteiger partial charge in [-0.2, -0.15) is 0 Å². The summed E-state index contributed by atoms with van der Waals surface area (Å²) in [7, 11) is 0. The molecule has 0 saturated heterocycles. The number of allylic oxidation sites excluding steroid dienone is 2. The van der Waals surface area contributed by atoms with Gasteiger partial charge in [0.1, 0.15) is 11.6 Å². The number of rotatable bonds is 5. The van der Waals surface area contributed by atoms with Crippen LogP contribution < -0.4 is 0 Å². The number of hydrogen-bond acceptors (Lipinski definition) is 1. The third-order valence-corrected chi connectivity index (χ3v) is 2.24. The highest BCUT2D eigenvalue weighted by Gasteiger charge is 2.10. The summed E-state index contributed by atoms with van der Waals surface area (Å²) in [5, 5.41) is 7.58. The van der Waals surface area contributed by atoms with Gasteiger partial charge < -0.3 is 5.41 Å². The van der Waals surface area contributed by atoms with E-state index in [9.17, 15) is 8.78 Å². The number of hydrogen-bond donors (Lipinski definition) is 1. The van der Waals surface area contributed by atoms with Crippen LogP contribution in [0.25, 0.3) is 0 Å². The largest absolute Gasteiger partial charge is 0.300 e. The summed E-state index contributed by atoms with van der Waals surface area (Å²) in [6, 6.07) is 3.61. The lowest BCUT2D eigenvalue weighted by atomic mass is 10.1. The fourth-order valence-electron chi connectivity index (χ4n) is 1.36. The molecule has 0 aliphatic heterocycles. The van der Waals surface area contributed by atoms with E-state index in [2.05, 4.69) is 6.92 Å². The number of halogens is 2. The molecular weight excluding hydrogens is 208 g/mol. The molecule has 1 aromatic rings. The van der Waals surface area contributed by atoms with Crippen molar-refractivity contribution in [3.8, 4) is 0 Å².